The van der Waals surface area contributed by atoms with Crippen LogP contribution in [0.15, 0.2) is 47.8 Å². The highest BCUT2D eigenvalue weighted by Gasteiger charge is 2.10. The van der Waals surface area contributed by atoms with E-state index < -0.39 is 11.9 Å². The lowest BCUT2D eigenvalue weighted by molar-refractivity contribution is -0.136. The number of pyridine rings is 1. The number of nitrogens with one attached hydrogen (secondary N) is 1. The molecule has 0 spiro atoms. The van der Waals surface area contributed by atoms with Crippen molar-refractivity contribution in [3.63, 3.8) is 0 Å². The van der Waals surface area contributed by atoms with Crippen LogP contribution in [0.2, 0.25) is 5.02 Å². The minimum absolute atomic E-state index is 0.0916. The highest BCUT2D eigenvalue weighted by Crippen LogP contribution is 2.18. The molecule has 1 amide bonds. The molecule has 0 saturated carbocycles. The molecule has 0 aliphatic rings. The minimum Gasteiger partial charge on any atom is -0.481 e. The van der Waals surface area contributed by atoms with Crippen molar-refractivity contribution in [1.29, 1.82) is 0 Å². The third kappa shape index (κ3) is 4.89. The number of carbonyl (C=O) groups excluding carboxylic acids is 1. The fourth-order valence-corrected chi connectivity index (χ4v) is 2.12. The van der Waals surface area contributed by atoms with Gasteiger partial charge in [-0.1, -0.05) is 17.7 Å². The van der Waals surface area contributed by atoms with E-state index in [1.54, 1.807) is 24.3 Å². The first kappa shape index (κ1) is 17.6. The maximum atomic E-state index is 12.1. The zero-order valence-corrected chi connectivity index (χ0v) is 13.7. The monoisotopic (exact) mass is 345 g/mol. The van der Waals surface area contributed by atoms with Gasteiger partial charge in [0.15, 0.2) is 0 Å². The van der Waals surface area contributed by atoms with Gasteiger partial charge in [0.2, 0.25) is 0 Å². The molecule has 6 nitrogen and oxygen atoms in total. The fraction of sp³-hybridized carbons (Fsp3) is 0.176. The smallest absolute Gasteiger partial charge is 0.303 e. The minimum atomic E-state index is -0.936. The molecule has 2 rings (SSSR count). The standard InChI is InChI=1S/C17H16ClN3O3/c1-11-10-13(2-3-14(11)18)15(4-5-16(22)23)20-21-17(24)12-6-8-19-9-7-12/h2-3,6-10H,4-5H2,1H3,(H,21,24)(H,22,23)/b20-15-. The lowest BCUT2D eigenvalue weighted by atomic mass is 10.0. The van der Waals surface area contributed by atoms with E-state index in [0.29, 0.717) is 21.9 Å². The number of benzene rings is 1. The Hall–Kier alpha value is -2.73. The number of aliphatic carboxylic acids is 1. The molecule has 1 aromatic carbocycles. The zero-order chi connectivity index (χ0) is 17.5. The number of carbonyl (C=O) groups is 2. The third-order valence-corrected chi connectivity index (χ3v) is 3.73. The third-order valence-electron chi connectivity index (χ3n) is 3.30. The maximum Gasteiger partial charge on any atom is 0.303 e. The van der Waals surface area contributed by atoms with E-state index in [9.17, 15) is 9.59 Å². The number of halogens is 1. The van der Waals surface area contributed by atoms with E-state index in [1.165, 1.54) is 12.4 Å². The molecule has 0 aliphatic heterocycles. The van der Waals surface area contributed by atoms with Gasteiger partial charge >= 0.3 is 5.97 Å². The lowest BCUT2D eigenvalue weighted by Crippen LogP contribution is -2.20. The number of rotatable bonds is 6. The number of hydrogen-bond donors (Lipinski definition) is 2. The Balaban J connectivity index is 2.23. The summed E-state index contributed by atoms with van der Waals surface area (Å²) in [6.07, 6.45) is 3.11. The molecule has 7 heteroatoms. The Morgan fingerprint density at radius 3 is 2.50 bits per heavy atom. The number of hydrazone groups is 1. The second-order valence-corrected chi connectivity index (χ2v) is 5.50. The van der Waals surface area contributed by atoms with Gasteiger partial charge < -0.3 is 5.11 Å². The summed E-state index contributed by atoms with van der Waals surface area (Å²) in [5.41, 5.74) is 4.90. The molecule has 0 saturated heterocycles. The molecule has 0 bridgehead atoms. The summed E-state index contributed by atoms with van der Waals surface area (Å²) >= 11 is 6.01. The van der Waals surface area contributed by atoms with E-state index in [2.05, 4.69) is 15.5 Å². The maximum absolute atomic E-state index is 12.1. The average molecular weight is 346 g/mol. The van der Waals surface area contributed by atoms with Crippen molar-refractivity contribution in [3.8, 4) is 0 Å². The van der Waals surface area contributed by atoms with Gasteiger partial charge in [0, 0.05) is 29.4 Å². The van der Waals surface area contributed by atoms with Crippen molar-refractivity contribution >= 4 is 29.2 Å². The van der Waals surface area contributed by atoms with Crippen LogP contribution in [0.25, 0.3) is 0 Å². The number of carboxylic acid groups (broad SMARTS) is 1. The van der Waals surface area contributed by atoms with E-state index in [-0.39, 0.29) is 12.8 Å². The van der Waals surface area contributed by atoms with Crippen LogP contribution in [0, 0.1) is 6.92 Å². The van der Waals surface area contributed by atoms with Crippen molar-refractivity contribution in [2.75, 3.05) is 0 Å². The molecule has 0 unspecified atom stereocenters. The molecule has 1 aromatic heterocycles. The average Bonchev–Trinajstić information content (AvgIpc) is 2.58. The SMILES string of the molecule is Cc1cc(/C(CCC(=O)O)=N\NC(=O)c2ccncc2)ccc1Cl. The van der Waals surface area contributed by atoms with Crippen LogP contribution >= 0.6 is 11.6 Å². The van der Waals surface area contributed by atoms with Gasteiger partial charge in [0.05, 0.1) is 12.1 Å². The number of aromatic nitrogens is 1. The second kappa shape index (κ2) is 8.21. The van der Waals surface area contributed by atoms with E-state index in [1.807, 2.05) is 13.0 Å². The molecular weight excluding hydrogens is 330 g/mol. The number of carboxylic acids is 1. The van der Waals surface area contributed by atoms with Crippen molar-refractivity contribution in [1.82, 2.24) is 10.4 Å². The molecule has 24 heavy (non-hydrogen) atoms. The summed E-state index contributed by atoms with van der Waals surface area (Å²) in [5, 5.41) is 13.6. The first-order valence-electron chi connectivity index (χ1n) is 7.22. The first-order chi connectivity index (χ1) is 11.5. The van der Waals surface area contributed by atoms with Gasteiger partial charge in [-0.05, 0) is 42.3 Å². The predicted molar refractivity (Wildman–Crippen MR) is 91.3 cm³/mol. The molecule has 2 N–H and O–H groups in total. The van der Waals surface area contributed by atoms with Crippen molar-refractivity contribution in [3.05, 3.63) is 64.4 Å². The van der Waals surface area contributed by atoms with Crippen LogP contribution < -0.4 is 5.43 Å². The Kier molecular flexibility index (Phi) is 6.03. The van der Waals surface area contributed by atoms with Gasteiger partial charge in [-0.25, -0.2) is 5.43 Å². The van der Waals surface area contributed by atoms with Gasteiger partial charge in [-0.3, -0.25) is 14.6 Å². The molecule has 124 valence electrons. The molecule has 0 radical (unpaired) electrons. The fourth-order valence-electron chi connectivity index (χ4n) is 2.00. The number of hydrogen-bond acceptors (Lipinski definition) is 4. The molecular formula is C17H16ClN3O3. The Labute approximate surface area is 144 Å². The Morgan fingerprint density at radius 2 is 1.88 bits per heavy atom. The predicted octanol–water partition coefficient (Wildman–Crippen LogP) is 3.04. The summed E-state index contributed by atoms with van der Waals surface area (Å²) in [6.45, 7) is 1.84. The lowest BCUT2D eigenvalue weighted by Gasteiger charge is -2.08. The van der Waals surface area contributed by atoms with E-state index >= 15 is 0 Å². The van der Waals surface area contributed by atoms with Crippen LogP contribution in [-0.4, -0.2) is 27.7 Å². The number of amides is 1. The van der Waals surface area contributed by atoms with Gasteiger partial charge in [-0.2, -0.15) is 5.10 Å². The van der Waals surface area contributed by atoms with Gasteiger partial charge in [0.25, 0.3) is 5.91 Å². The number of nitrogens with zero attached hydrogens (tertiary/aromatic N) is 2. The van der Waals surface area contributed by atoms with Crippen LogP contribution in [0.1, 0.15) is 34.3 Å². The van der Waals surface area contributed by atoms with Gasteiger partial charge in [-0.15, -0.1) is 0 Å². The van der Waals surface area contributed by atoms with E-state index in [4.69, 9.17) is 16.7 Å². The van der Waals surface area contributed by atoms with Crippen molar-refractivity contribution in [2.24, 2.45) is 5.10 Å². The van der Waals surface area contributed by atoms with E-state index in [0.717, 1.165) is 5.56 Å². The molecule has 0 aliphatic carbocycles. The van der Waals surface area contributed by atoms with Crippen molar-refractivity contribution < 1.29 is 14.7 Å². The normalized spacial score (nSPS) is 11.2. The zero-order valence-electron chi connectivity index (χ0n) is 13.0. The summed E-state index contributed by atoms with van der Waals surface area (Å²) in [4.78, 5) is 26.7. The quantitative estimate of drug-likeness (QED) is 0.621. The van der Waals surface area contributed by atoms with Crippen LogP contribution in [0.4, 0.5) is 0 Å². The largest absolute Gasteiger partial charge is 0.481 e. The van der Waals surface area contributed by atoms with Gasteiger partial charge in [0.1, 0.15) is 0 Å². The van der Waals surface area contributed by atoms with Crippen LogP contribution in [-0.2, 0) is 4.79 Å². The molecule has 0 fully saturated rings. The molecule has 2 aromatic rings. The summed E-state index contributed by atoms with van der Waals surface area (Å²) in [7, 11) is 0. The van der Waals surface area contributed by atoms with Crippen LogP contribution in [0.3, 0.4) is 0 Å². The molecule has 1 heterocycles. The summed E-state index contributed by atoms with van der Waals surface area (Å²) < 4.78 is 0. The Bertz CT molecular complexity index is 776. The second-order valence-electron chi connectivity index (χ2n) is 5.09. The topological polar surface area (TPSA) is 91.6 Å². The summed E-state index contributed by atoms with van der Waals surface area (Å²) in [5.74, 6) is -1.33. The summed E-state index contributed by atoms with van der Waals surface area (Å²) in [6, 6.07) is 8.39. The Morgan fingerprint density at radius 1 is 1.17 bits per heavy atom. The number of aryl methyl sites for hydroxylation is 1. The molecule has 0 atom stereocenters. The van der Waals surface area contributed by atoms with Crippen LogP contribution in [0.5, 0.6) is 0 Å². The highest BCUT2D eigenvalue weighted by atomic mass is 35.5. The van der Waals surface area contributed by atoms with Crippen molar-refractivity contribution in [2.45, 2.75) is 19.8 Å². The highest BCUT2D eigenvalue weighted by molar-refractivity contribution is 6.31. The first-order valence-corrected chi connectivity index (χ1v) is 7.60.